The molecule has 0 radical (unpaired) electrons. The lowest BCUT2D eigenvalue weighted by Crippen LogP contribution is -2.03. The van der Waals surface area contributed by atoms with E-state index in [1.807, 2.05) is 36.4 Å². The van der Waals surface area contributed by atoms with Crippen molar-refractivity contribution in [2.75, 3.05) is 5.43 Å². The molecule has 0 amide bonds. The van der Waals surface area contributed by atoms with E-state index in [4.69, 9.17) is 4.98 Å². The molecule has 0 spiro atoms. The third kappa shape index (κ3) is 3.26. The van der Waals surface area contributed by atoms with E-state index in [-0.39, 0.29) is 0 Å². The molecule has 0 aliphatic carbocycles. The minimum Gasteiger partial charge on any atom is -0.324 e. The summed E-state index contributed by atoms with van der Waals surface area (Å²) in [5, 5.41) is 16.5. The largest absolute Gasteiger partial charge is 0.324 e. The van der Waals surface area contributed by atoms with Gasteiger partial charge in [0.1, 0.15) is 5.52 Å². The number of aromatic nitrogens is 4. The monoisotopic (exact) mass is 394 g/mol. The van der Waals surface area contributed by atoms with Crippen LogP contribution in [0.3, 0.4) is 0 Å². The predicted octanol–water partition coefficient (Wildman–Crippen LogP) is 5.38. The van der Waals surface area contributed by atoms with Gasteiger partial charge >= 0.3 is 0 Å². The molecular formula is C24H22N6. The van der Waals surface area contributed by atoms with Crippen molar-refractivity contribution in [3.8, 4) is 0 Å². The van der Waals surface area contributed by atoms with Crippen LogP contribution in [-0.2, 0) is 6.54 Å². The Hall–Kier alpha value is -3.80. The maximum atomic E-state index is 4.72. The van der Waals surface area contributed by atoms with Crippen molar-refractivity contribution in [1.82, 2.24) is 19.7 Å². The van der Waals surface area contributed by atoms with Gasteiger partial charge in [0.25, 0.3) is 5.95 Å². The van der Waals surface area contributed by atoms with Crippen LogP contribution in [-0.4, -0.2) is 26.0 Å². The summed E-state index contributed by atoms with van der Waals surface area (Å²) in [4.78, 5) is 4.72. The molecule has 0 aliphatic heterocycles. The molecule has 6 heteroatoms. The fourth-order valence-electron chi connectivity index (χ4n) is 3.82. The number of nitrogens with one attached hydrogen (secondary N) is 1. The molecule has 0 atom stereocenters. The Morgan fingerprint density at radius 3 is 2.63 bits per heavy atom. The minimum atomic E-state index is 0.388. The highest BCUT2D eigenvalue weighted by Gasteiger charge is 2.14. The van der Waals surface area contributed by atoms with Crippen molar-refractivity contribution in [2.24, 2.45) is 5.10 Å². The van der Waals surface area contributed by atoms with E-state index in [1.54, 1.807) is 6.21 Å². The number of rotatable bonds is 6. The van der Waals surface area contributed by atoms with E-state index in [9.17, 15) is 0 Å². The fraction of sp³-hybridized carbons (Fsp3) is 0.167. The van der Waals surface area contributed by atoms with Crippen molar-refractivity contribution >= 4 is 45.0 Å². The van der Waals surface area contributed by atoms with Gasteiger partial charge < -0.3 is 4.57 Å². The lowest BCUT2D eigenvalue weighted by atomic mass is 10.1. The van der Waals surface area contributed by atoms with Gasteiger partial charge in [-0.05, 0) is 23.3 Å². The summed E-state index contributed by atoms with van der Waals surface area (Å²) in [6, 6.07) is 22.7. The van der Waals surface area contributed by atoms with Crippen LogP contribution < -0.4 is 5.43 Å². The molecular weight excluding hydrogens is 372 g/mol. The van der Waals surface area contributed by atoms with Gasteiger partial charge in [0.15, 0.2) is 5.65 Å². The molecule has 5 aromatic rings. The Morgan fingerprint density at radius 1 is 0.933 bits per heavy atom. The van der Waals surface area contributed by atoms with Gasteiger partial charge in [-0.15, -0.1) is 10.2 Å². The highest BCUT2D eigenvalue weighted by atomic mass is 15.4. The third-order valence-electron chi connectivity index (χ3n) is 5.30. The maximum absolute atomic E-state index is 4.72. The molecule has 2 heterocycles. The van der Waals surface area contributed by atoms with Crippen LogP contribution in [0.25, 0.3) is 32.8 Å². The van der Waals surface area contributed by atoms with Crippen molar-refractivity contribution < 1.29 is 0 Å². The van der Waals surface area contributed by atoms with E-state index < -0.39 is 0 Å². The summed E-state index contributed by atoms with van der Waals surface area (Å²) in [6.07, 6.45) is 4.00. The number of hydrogen-bond donors (Lipinski definition) is 1. The first kappa shape index (κ1) is 18.2. The molecule has 6 nitrogen and oxygen atoms in total. The van der Waals surface area contributed by atoms with Crippen LogP contribution in [0.2, 0.25) is 0 Å². The lowest BCUT2D eigenvalue weighted by molar-refractivity contribution is 0.660. The number of anilines is 1. The first-order chi connectivity index (χ1) is 14.8. The lowest BCUT2D eigenvalue weighted by Gasteiger charge is -2.05. The summed E-state index contributed by atoms with van der Waals surface area (Å²) in [5.41, 5.74) is 6.78. The van der Waals surface area contributed by atoms with Gasteiger partial charge in [-0.2, -0.15) is 10.1 Å². The number of hydrazone groups is 1. The van der Waals surface area contributed by atoms with E-state index in [2.05, 4.69) is 62.5 Å². The molecule has 0 saturated carbocycles. The van der Waals surface area contributed by atoms with Crippen molar-refractivity contribution in [1.29, 1.82) is 0 Å². The number of fused-ring (bicyclic) bond motifs is 4. The molecule has 1 N–H and O–H groups in total. The first-order valence-corrected chi connectivity index (χ1v) is 10.2. The van der Waals surface area contributed by atoms with Crippen molar-refractivity contribution in [2.45, 2.75) is 26.3 Å². The van der Waals surface area contributed by atoms with Crippen molar-refractivity contribution in [3.63, 3.8) is 0 Å². The fourth-order valence-corrected chi connectivity index (χ4v) is 3.82. The summed E-state index contributed by atoms with van der Waals surface area (Å²) in [6.45, 7) is 3.09. The van der Waals surface area contributed by atoms with E-state index in [1.165, 1.54) is 5.39 Å². The second-order valence-electron chi connectivity index (χ2n) is 7.27. The number of nitrogens with zero attached hydrogens (tertiary/aromatic N) is 5. The zero-order valence-corrected chi connectivity index (χ0v) is 16.8. The average Bonchev–Trinajstić information content (AvgIpc) is 3.11. The Morgan fingerprint density at radius 2 is 1.73 bits per heavy atom. The van der Waals surface area contributed by atoms with Crippen molar-refractivity contribution in [3.05, 3.63) is 72.3 Å². The van der Waals surface area contributed by atoms with E-state index in [0.717, 1.165) is 52.4 Å². The standard InChI is InChI=1S/C24H22N6/c1-2-3-15-30-21-14-7-6-13-20(21)22-23(30)26-24(29-27-22)28-25-16-18-11-8-10-17-9-4-5-12-19(17)18/h4-14,16H,2-3,15H2,1H3,(H,26,28,29)/b25-16+. The van der Waals surface area contributed by atoms with Crippen LogP contribution in [0.4, 0.5) is 5.95 Å². The molecule has 0 bridgehead atoms. The summed E-state index contributed by atoms with van der Waals surface area (Å²) in [7, 11) is 0. The van der Waals surface area contributed by atoms with Gasteiger partial charge in [-0.3, -0.25) is 0 Å². The Labute approximate surface area is 174 Å². The number of aryl methyl sites for hydroxylation is 1. The highest BCUT2D eigenvalue weighted by molar-refractivity contribution is 6.04. The molecule has 5 rings (SSSR count). The minimum absolute atomic E-state index is 0.388. The van der Waals surface area contributed by atoms with Crippen LogP contribution in [0.15, 0.2) is 71.8 Å². The SMILES string of the molecule is CCCCn1c2ccccc2c2nnc(N/N=C/c3cccc4ccccc34)nc21. The van der Waals surface area contributed by atoms with Gasteiger partial charge in [-0.1, -0.05) is 74.0 Å². The zero-order chi connectivity index (χ0) is 20.3. The van der Waals surface area contributed by atoms with Crippen LogP contribution >= 0.6 is 0 Å². The Balaban J connectivity index is 1.49. The summed E-state index contributed by atoms with van der Waals surface area (Å²) >= 11 is 0. The second-order valence-corrected chi connectivity index (χ2v) is 7.27. The van der Waals surface area contributed by atoms with E-state index >= 15 is 0 Å². The number of unbranched alkanes of at least 4 members (excludes halogenated alkanes) is 1. The van der Waals surface area contributed by atoms with Gasteiger partial charge in [0.05, 0.1) is 11.7 Å². The first-order valence-electron chi connectivity index (χ1n) is 10.2. The van der Waals surface area contributed by atoms with Gasteiger partial charge in [0.2, 0.25) is 0 Å². The average molecular weight is 394 g/mol. The molecule has 0 aliphatic rings. The van der Waals surface area contributed by atoms with Crippen LogP contribution in [0, 0.1) is 0 Å². The Bertz CT molecular complexity index is 1360. The molecule has 0 saturated heterocycles. The number of hydrogen-bond acceptors (Lipinski definition) is 5. The number of benzene rings is 3. The highest BCUT2D eigenvalue weighted by Crippen LogP contribution is 2.26. The van der Waals surface area contributed by atoms with Gasteiger partial charge in [0, 0.05) is 17.5 Å². The predicted molar refractivity (Wildman–Crippen MR) is 123 cm³/mol. The zero-order valence-electron chi connectivity index (χ0n) is 16.8. The summed E-state index contributed by atoms with van der Waals surface area (Å²) < 4.78 is 2.22. The molecule has 0 unspecified atom stereocenters. The molecule has 148 valence electrons. The number of para-hydroxylation sites is 1. The van der Waals surface area contributed by atoms with Crippen LogP contribution in [0.5, 0.6) is 0 Å². The quantitative estimate of drug-likeness (QED) is 0.310. The normalized spacial score (nSPS) is 11.8. The maximum Gasteiger partial charge on any atom is 0.265 e. The Kier molecular flexibility index (Phi) is 4.81. The third-order valence-corrected chi connectivity index (χ3v) is 5.30. The second kappa shape index (κ2) is 7.91. The topological polar surface area (TPSA) is 68.0 Å². The van der Waals surface area contributed by atoms with E-state index in [0.29, 0.717) is 5.95 Å². The molecule has 30 heavy (non-hydrogen) atoms. The molecule has 0 fully saturated rings. The smallest absolute Gasteiger partial charge is 0.265 e. The summed E-state index contributed by atoms with van der Waals surface area (Å²) in [5.74, 6) is 0.388. The molecule has 3 aromatic carbocycles. The van der Waals surface area contributed by atoms with Crippen LogP contribution in [0.1, 0.15) is 25.3 Å². The molecule has 2 aromatic heterocycles. The van der Waals surface area contributed by atoms with Gasteiger partial charge in [-0.25, -0.2) is 5.43 Å².